The van der Waals surface area contributed by atoms with E-state index in [0.717, 1.165) is 31.2 Å². The van der Waals surface area contributed by atoms with Crippen LogP contribution >= 0.6 is 0 Å². The Kier molecular flexibility index (Phi) is 7.56. The van der Waals surface area contributed by atoms with E-state index in [4.69, 9.17) is 4.74 Å². The number of anilines is 1. The Balaban J connectivity index is 1.66. The van der Waals surface area contributed by atoms with Crippen molar-refractivity contribution in [2.45, 2.75) is 57.4 Å². The predicted octanol–water partition coefficient (Wildman–Crippen LogP) is 3.96. The summed E-state index contributed by atoms with van der Waals surface area (Å²) in [5.41, 5.74) is 1.54. The molecule has 1 aliphatic carbocycles. The Morgan fingerprint density at radius 1 is 1.03 bits per heavy atom. The zero-order chi connectivity index (χ0) is 23.3. The Morgan fingerprint density at radius 3 is 2.44 bits per heavy atom. The molecule has 1 aliphatic rings. The number of benzene rings is 2. The third-order valence-electron chi connectivity index (χ3n) is 5.74. The Hall–Kier alpha value is -2.87. The summed E-state index contributed by atoms with van der Waals surface area (Å²) in [5, 5.41) is 2.90. The van der Waals surface area contributed by atoms with Crippen molar-refractivity contribution in [3.63, 3.8) is 0 Å². The highest BCUT2D eigenvalue weighted by atomic mass is 32.2. The minimum absolute atomic E-state index is 0.0423. The molecular formula is C24H30N2O5S. The fraction of sp³-hybridized carbons (Fsp3) is 0.417. The average Bonchev–Trinajstić information content (AvgIpc) is 2.75. The van der Waals surface area contributed by atoms with Gasteiger partial charge >= 0.3 is 5.97 Å². The fourth-order valence-electron chi connectivity index (χ4n) is 3.83. The monoisotopic (exact) mass is 458 g/mol. The molecule has 7 nitrogen and oxygen atoms in total. The molecule has 0 atom stereocenters. The number of carbonyl (C=O) groups is 2. The van der Waals surface area contributed by atoms with Crippen LogP contribution in [0, 0.1) is 19.8 Å². The maximum Gasteiger partial charge on any atom is 0.340 e. The lowest BCUT2D eigenvalue weighted by Crippen LogP contribution is -2.39. The Bertz CT molecular complexity index is 1090. The fourth-order valence-corrected chi connectivity index (χ4v) is 5.24. The molecule has 0 aliphatic heterocycles. The minimum Gasteiger partial charge on any atom is -0.452 e. The van der Waals surface area contributed by atoms with E-state index in [1.54, 1.807) is 31.2 Å². The molecular weight excluding hydrogens is 428 g/mol. The number of sulfonamides is 1. The lowest BCUT2D eigenvalue weighted by Gasteiger charge is -2.26. The molecule has 1 amide bonds. The van der Waals surface area contributed by atoms with Crippen molar-refractivity contribution in [1.82, 2.24) is 5.32 Å². The summed E-state index contributed by atoms with van der Waals surface area (Å²) in [4.78, 5) is 24.9. The number of amides is 1. The van der Waals surface area contributed by atoms with E-state index in [-0.39, 0.29) is 28.1 Å². The van der Waals surface area contributed by atoms with Gasteiger partial charge in [0.15, 0.2) is 6.61 Å². The van der Waals surface area contributed by atoms with Gasteiger partial charge in [0.05, 0.1) is 16.1 Å². The Labute approximate surface area is 189 Å². The maximum atomic E-state index is 12.9. The van der Waals surface area contributed by atoms with Crippen molar-refractivity contribution in [2.24, 2.45) is 5.92 Å². The molecule has 0 spiro atoms. The second-order valence-corrected chi connectivity index (χ2v) is 10.2. The van der Waals surface area contributed by atoms with Crippen molar-refractivity contribution >= 4 is 27.6 Å². The van der Waals surface area contributed by atoms with Gasteiger partial charge in [0.2, 0.25) is 0 Å². The highest BCUT2D eigenvalue weighted by Gasteiger charge is 2.23. The predicted molar refractivity (Wildman–Crippen MR) is 123 cm³/mol. The number of carbonyl (C=O) groups excluding carboxylic acids is 2. The molecule has 2 aromatic rings. The van der Waals surface area contributed by atoms with Gasteiger partial charge in [-0.05, 0) is 74.8 Å². The number of esters is 1. The van der Waals surface area contributed by atoms with Gasteiger partial charge in [-0.3, -0.25) is 9.52 Å². The highest BCUT2D eigenvalue weighted by molar-refractivity contribution is 7.92. The van der Waals surface area contributed by atoms with E-state index >= 15 is 0 Å². The second kappa shape index (κ2) is 10.2. The van der Waals surface area contributed by atoms with Gasteiger partial charge in [0, 0.05) is 6.04 Å². The molecule has 8 heteroatoms. The van der Waals surface area contributed by atoms with Gasteiger partial charge in [-0.2, -0.15) is 0 Å². The average molecular weight is 459 g/mol. The zero-order valence-corrected chi connectivity index (χ0v) is 19.5. The summed E-state index contributed by atoms with van der Waals surface area (Å²) in [6, 6.07) is 11.4. The number of rotatable bonds is 7. The van der Waals surface area contributed by atoms with Crippen LogP contribution < -0.4 is 10.0 Å². The molecule has 32 heavy (non-hydrogen) atoms. The van der Waals surface area contributed by atoms with E-state index in [2.05, 4.69) is 17.0 Å². The van der Waals surface area contributed by atoms with E-state index in [1.165, 1.54) is 12.1 Å². The topological polar surface area (TPSA) is 102 Å². The first-order chi connectivity index (χ1) is 15.2. The number of para-hydroxylation sites is 1. The van der Waals surface area contributed by atoms with E-state index < -0.39 is 22.6 Å². The molecule has 0 saturated heterocycles. The number of hydrogen-bond acceptors (Lipinski definition) is 5. The lowest BCUT2D eigenvalue weighted by molar-refractivity contribution is -0.125. The molecule has 2 aromatic carbocycles. The zero-order valence-electron chi connectivity index (χ0n) is 18.7. The van der Waals surface area contributed by atoms with Crippen molar-refractivity contribution in [2.75, 3.05) is 11.3 Å². The van der Waals surface area contributed by atoms with Gasteiger partial charge in [0.25, 0.3) is 15.9 Å². The van der Waals surface area contributed by atoms with Crippen LogP contribution in [0.2, 0.25) is 0 Å². The SMILES string of the molecule is Cc1ccc(C)c(S(=O)(=O)Nc2ccccc2C(=O)OCC(=O)NC2CCC(C)CC2)c1. The number of nitrogens with one attached hydrogen (secondary N) is 2. The van der Waals surface area contributed by atoms with Crippen LogP contribution in [0.1, 0.15) is 54.1 Å². The van der Waals surface area contributed by atoms with Gasteiger partial charge < -0.3 is 10.1 Å². The molecule has 0 bridgehead atoms. The first-order valence-electron chi connectivity index (χ1n) is 10.8. The molecule has 0 heterocycles. The number of ether oxygens (including phenoxy) is 1. The lowest BCUT2D eigenvalue weighted by atomic mass is 9.87. The van der Waals surface area contributed by atoms with E-state index in [0.29, 0.717) is 11.5 Å². The number of hydrogen-bond donors (Lipinski definition) is 2. The highest BCUT2D eigenvalue weighted by Crippen LogP contribution is 2.24. The summed E-state index contributed by atoms with van der Waals surface area (Å²) in [5.74, 6) is -0.451. The van der Waals surface area contributed by atoms with Crippen LogP contribution in [0.4, 0.5) is 5.69 Å². The summed E-state index contributed by atoms with van der Waals surface area (Å²) in [7, 11) is -3.91. The normalized spacial score (nSPS) is 18.6. The largest absolute Gasteiger partial charge is 0.452 e. The maximum absolute atomic E-state index is 12.9. The van der Waals surface area contributed by atoms with Crippen LogP contribution in [0.5, 0.6) is 0 Å². The van der Waals surface area contributed by atoms with Crippen LogP contribution in [0.15, 0.2) is 47.4 Å². The van der Waals surface area contributed by atoms with Crippen molar-refractivity contribution in [1.29, 1.82) is 0 Å². The molecule has 0 radical (unpaired) electrons. The quantitative estimate of drug-likeness (QED) is 0.612. The standard InChI is InChI=1S/C24H30N2O5S/c1-16-9-12-19(13-10-16)25-23(27)15-31-24(28)20-6-4-5-7-21(20)26-32(29,30)22-14-17(2)8-11-18(22)3/h4-8,11,14,16,19,26H,9-10,12-13,15H2,1-3H3,(H,25,27). The van der Waals surface area contributed by atoms with Gasteiger partial charge in [-0.15, -0.1) is 0 Å². The first-order valence-corrected chi connectivity index (χ1v) is 12.3. The summed E-state index contributed by atoms with van der Waals surface area (Å²) in [6.07, 6.45) is 3.98. The van der Waals surface area contributed by atoms with Crippen molar-refractivity contribution in [3.05, 3.63) is 59.2 Å². The molecule has 2 N–H and O–H groups in total. The van der Waals surface area contributed by atoms with Crippen LogP contribution in [0.25, 0.3) is 0 Å². The molecule has 0 aromatic heterocycles. The van der Waals surface area contributed by atoms with Gasteiger partial charge in [-0.1, -0.05) is 31.2 Å². The molecule has 1 saturated carbocycles. The van der Waals surface area contributed by atoms with Gasteiger partial charge in [0.1, 0.15) is 0 Å². The van der Waals surface area contributed by atoms with Crippen LogP contribution in [-0.4, -0.2) is 32.9 Å². The van der Waals surface area contributed by atoms with E-state index in [9.17, 15) is 18.0 Å². The Morgan fingerprint density at radius 2 is 1.72 bits per heavy atom. The number of aryl methyl sites for hydroxylation is 2. The minimum atomic E-state index is -3.91. The van der Waals surface area contributed by atoms with Crippen LogP contribution in [-0.2, 0) is 19.6 Å². The molecule has 3 rings (SSSR count). The third-order valence-corrected chi connectivity index (χ3v) is 7.25. The first kappa shape index (κ1) is 23.8. The van der Waals surface area contributed by atoms with E-state index in [1.807, 2.05) is 13.0 Å². The van der Waals surface area contributed by atoms with Gasteiger partial charge in [-0.25, -0.2) is 13.2 Å². The third kappa shape index (κ3) is 6.09. The summed E-state index contributed by atoms with van der Waals surface area (Å²) in [6.45, 7) is 5.30. The smallest absolute Gasteiger partial charge is 0.340 e. The van der Waals surface area contributed by atoms with Crippen molar-refractivity contribution in [3.8, 4) is 0 Å². The summed E-state index contributed by atoms with van der Waals surface area (Å²) >= 11 is 0. The summed E-state index contributed by atoms with van der Waals surface area (Å²) < 4.78 is 33.5. The molecule has 1 fully saturated rings. The molecule has 172 valence electrons. The molecule has 0 unspecified atom stereocenters. The van der Waals surface area contributed by atoms with Crippen molar-refractivity contribution < 1.29 is 22.7 Å². The van der Waals surface area contributed by atoms with Crippen LogP contribution in [0.3, 0.4) is 0 Å². The second-order valence-electron chi connectivity index (χ2n) is 8.52.